The van der Waals surface area contributed by atoms with Crippen molar-refractivity contribution in [2.24, 2.45) is 11.5 Å². The molecule has 174 valence electrons. The molecule has 0 saturated carbocycles. The van der Waals surface area contributed by atoms with E-state index in [9.17, 15) is 0 Å². The van der Waals surface area contributed by atoms with Gasteiger partial charge in [-0.05, 0) is 51.6 Å². The van der Waals surface area contributed by atoms with Crippen LogP contribution in [0.3, 0.4) is 0 Å². The molecule has 0 heterocycles. The second-order valence-corrected chi connectivity index (χ2v) is 8.12. The van der Waals surface area contributed by atoms with Gasteiger partial charge in [0.25, 0.3) is 0 Å². The molecule has 0 aromatic heterocycles. The molecule has 0 aromatic rings. The van der Waals surface area contributed by atoms with Crippen LogP contribution in [0, 0.1) is 0 Å². The molecule has 0 fully saturated rings. The van der Waals surface area contributed by atoms with Gasteiger partial charge in [-0.15, -0.1) is 0 Å². The van der Waals surface area contributed by atoms with Crippen molar-refractivity contribution in [3.05, 3.63) is 12.2 Å². The van der Waals surface area contributed by atoms with Gasteiger partial charge in [0.1, 0.15) is 0 Å². The molecule has 0 spiro atoms. The average Bonchev–Trinajstić information content (AvgIpc) is 2.74. The van der Waals surface area contributed by atoms with E-state index in [0.29, 0.717) is 0 Å². The third-order valence-corrected chi connectivity index (χ3v) is 5.24. The number of unbranched alkanes of at least 4 members (excludes halogenated alkanes) is 12. The van der Waals surface area contributed by atoms with Crippen LogP contribution in [-0.2, 0) is 0 Å². The van der Waals surface area contributed by atoms with Gasteiger partial charge in [0.05, 0.1) is 0 Å². The highest BCUT2D eigenvalue weighted by Crippen LogP contribution is 2.09. The van der Waals surface area contributed by atoms with E-state index in [1.165, 1.54) is 89.9 Å². The molecular formula is C24H53N5. The third-order valence-electron chi connectivity index (χ3n) is 5.24. The van der Waals surface area contributed by atoms with Crippen molar-refractivity contribution in [3.63, 3.8) is 0 Å². The van der Waals surface area contributed by atoms with E-state index in [1.54, 1.807) is 0 Å². The second kappa shape index (κ2) is 27.5. The first-order chi connectivity index (χ1) is 14.4. The molecule has 0 amide bonds. The lowest BCUT2D eigenvalue weighted by atomic mass is 10.1. The molecule has 0 aliphatic rings. The summed E-state index contributed by atoms with van der Waals surface area (Å²) in [5.41, 5.74) is 10.9. The van der Waals surface area contributed by atoms with Crippen molar-refractivity contribution < 1.29 is 0 Å². The van der Waals surface area contributed by atoms with Gasteiger partial charge in [-0.25, -0.2) is 0 Å². The van der Waals surface area contributed by atoms with Crippen molar-refractivity contribution in [2.75, 3.05) is 52.4 Å². The van der Waals surface area contributed by atoms with Crippen molar-refractivity contribution >= 4 is 0 Å². The van der Waals surface area contributed by atoms with E-state index >= 15 is 0 Å². The summed E-state index contributed by atoms with van der Waals surface area (Å²) in [5.74, 6) is 0. The number of rotatable bonds is 25. The SMILES string of the molecule is NCCCCCCCCC=CCCCCCCCCNCCNCCNCCN. The van der Waals surface area contributed by atoms with Gasteiger partial charge in [0.2, 0.25) is 0 Å². The predicted octanol–water partition coefficient (Wildman–Crippen LogP) is 3.69. The monoisotopic (exact) mass is 411 g/mol. The molecule has 29 heavy (non-hydrogen) atoms. The van der Waals surface area contributed by atoms with Crippen molar-refractivity contribution in [1.82, 2.24) is 16.0 Å². The zero-order chi connectivity index (χ0) is 21.1. The number of hydrogen-bond donors (Lipinski definition) is 5. The predicted molar refractivity (Wildman–Crippen MR) is 130 cm³/mol. The molecule has 0 rings (SSSR count). The molecule has 5 nitrogen and oxygen atoms in total. The fraction of sp³-hybridized carbons (Fsp3) is 0.917. The Morgan fingerprint density at radius 1 is 0.379 bits per heavy atom. The van der Waals surface area contributed by atoms with Crippen LogP contribution in [0.1, 0.15) is 89.9 Å². The largest absolute Gasteiger partial charge is 0.330 e. The van der Waals surface area contributed by atoms with E-state index in [1.807, 2.05) is 0 Å². The maximum Gasteiger partial charge on any atom is 0.00772 e. The van der Waals surface area contributed by atoms with Gasteiger partial charge in [-0.1, -0.05) is 63.5 Å². The second-order valence-electron chi connectivity index (χ2n) is 8.12. The minimum absolute atomic E-state index is 0.718. The third kappa shape index (κ3) is 27.5. The van der Waals surface area contributed by atoms with Crippen molar-refractivity contribution in [3.8, 4) is 0 Å². The molecule has 7 N–H and O–H groups in total. The summed E-state index contributed by atoms with van der Waals surface area (Å²) in [6.45, 7) is 7.78. The van der Waals surface area contributed by atoms with E-state index < -0.39 is 0 Å². The van der Waals surface area contributed by atoms with E-state index in [4.69, 9.17) is 11.5 Å². The van der Waals surface area contributed by atoms with Crippen LogP contribution in [-0.4, -0.2) is 52.4 Å². The topological polar surface area (TPSA) is 88.1 Å². The molecule has 0 saturated heterocycles. The van der Waals surface area contributed by atoms with Gasteiger partial charge in [0, 0.05) is 39.3 Å². The summed E-state index contributed by atoms with van der Waals surface area (Å²) in [4.78, 5) is 0. The van der Waals surface area contributed by atoms with Gasteiger partial charge in [-0.2, -0.15) is 0 Å². The van der Waals surface area contributed by atoms with Crippen LogP contribution in [0.15, 0.2) is 12.2 Å². The number of allylic oxidation sites excluding steroid dienone is 2. The van der Waals surface area contributed by atoms with Gasteiger partial charge in [0.15, 0.2) is 0 Å². The quantitative estimate of drug-likeness (QED) is 0.117. The van der Waals surface area contributed by atoms with Crippen LogP contribution in [0.2, 0.25) is 0 Å². The van der Waals surface area contributed by atoms with Crippen LogP contribution >= 0.6 is 0 Å². The fourth-order valence-electron chi connectivity index (χ4n) is 3.40. The molecule has 0 bridgehead atoms. The molecule has 0 aliphatic carbocycles. The summed E-state index contributed by atoms with van der Waals surface area (Å²) < 4.78 is 0. The van der Waals surface area contributed by atoms with E-state index in [0.717, 1.165) is 52.4 Å². The van der Waals surface area contributed by atoms with E-state index in [-0.39, 0.29) is 0 Å². The van der Waals surface area contributed by atoms with Gasteiger partial charge < -0.3 is 27.4 Å². The minimum Gasteiger partial charge on any atom is -0.330 e. The minimum atomic E-state index is 0.718. The summed E-state index contributed by atoms with van der Waals surface area (Å²) in [7, 11) is 0. The first kappa shape index (κ1) is 28.5. The maximum absolute atomic E-state index is 5.51. The Kier molecular flexibility index (Phi) is 27.1. The van der Waals surface area contributed by atoms with Crippen molar-refractivity contribution in [2.45, 2.75) is 89.9 Å². The number of nitrogens with one attached hydrogen (secondary N) is 3. The standard InChI is InChI=1S/C24H53N5/c25-17-15-13-11-9-7-5-3-1-2-4-6-8-10-12-14-16-19-27-21-23-29-24-22-28-20-18-26/h1-2,27-29H,3-26H2. The molecule has 0 aromatic carbocycles. The Balaban J connectivity index is 3.04. The summed E-state index contributed by atoms with van der Waals surface area (Å²) in [5, 5.41) is 10.2. The zero-order valence-corrected chi connectivity index (χ0v) is 19.4. The molecule has 0 atom stereocenters. The fourth-order valence-corrected chi connectivity index (χ4v) is 3.40. The molecule has 0 radical (unpaired) electrons. The number of nitrogens with two attached hydrogens (primary N) is 2. The zero-order valence-electron chi connectivity index (χ0n) is 19.4. The average molecular weight is 412 g/mol. The highest BCUT2D eigenvalue weighted by atomic mass is 15.0. The first-order valence-corrected chi connectivity index (χ1v) is 12.6. The summed E-state index contributed by atoms with van der Waals surface area (Å²) >= 11 is 0. The molecular weight excluding hydrogens is 358 g/mol. The highest BCUT2D eigenvalue weighted by molar-refractivity contribution is 4.81. The smallest absolute Gasteiger partial charge is 0.00772 e. The van der Waals surface area contributed by atoms with Crippen LogP contribution in [0.25, 0.3) is 0 Å². The van der Waals surface area contributed by atoms with Gasteiger partial charge >= 0.3 is 0 Å². The highest BCUT2D eigenvalue weighted by Gasteiger charge is 1.93. The first-order valence-electron chi connectivity index (χ1n) is 12.6. The summed E-state index contributed by atoms with van der Waals surface area (Å²) in [6, 6.07) is 0. The molecule has 0 unspecified atom stereocenters. The lowest BCUT2D eigenvalue weighted by molar-refractivity contribution is 0.548. The van der Waals surface area contributed by atoms with Gasteiger partial charge in [-0.3, -0.25) is 0 Å². The Morgan fingerprint density at radius 2 is 0.793 bits per heavy atom. The maximum atomic E-state index is 5.51. The number of hydrogen-bond acceptors (Lipinski definition) is 5. The lowest BCUT2D eigenvalue weighted by Gasteiger charge is -2.07. The summed E-state index contributed by atoms with van der Waals surface area (Å²) in [6.07, 6.45) is 23.6. The Labute approximate surface area is 182 Å². The van der Waals surface area contributed by atoms with E-state index in [2.05, 4.69) is 28.1 Å². The molecule has 0 aliphatic heterocycles. The van der Waals surface area contributed by atoms with Crippen LogP contribution in [0.5, 0.6) is 0 Å². The normalized spacial score (nSPS) is 11.7. The lowest BCUT2D eigenvalue weighted by Crippen LogP contribution is -2.34. The molecule has 5 heteroatoms. The van der Waals surface area contributed by atoms with Crippen LogP contribution in [0.4, 0.5) is 0 Å². The van der Waals surface area contributed by atoms with Crippen molar-refractivity contribution in [1.29, 1.82) is 0 Å². The Morgan fingerprint density at radius 3 is 1.31 bits per heavy atom. The Hall–Kier alpha value is -0.460. The van der Waals surface area contributed by atoms with Crippen LogP contribution < -0.4 is 27.4 Å². The Bertz CT molecular complexity index is 310.